The number of fused-ring (bicyclic) bond motifs is 2. The molecule has 45 heavy (non-hydrogen) atoms. The van der Waals surface area contributed by atoms with Crippen LogP contribution in [0.25, 0.3) is 33.5 Å². The second-order valence-corrected chi connectivity index (χ2v) is 11.7. The molecule has 1 fully saturated rings. The highest BCUT2D eigenvalue weighted by Crippen LogP contribution is 2.36. The average Bonchev–Trinajstić information content (AvgIpc) is 3.81. The Hall–Kier alpha value is -5.03. The minimum absolute atomic E-state index is 0.106. The quantitative estimate of drug-likeness (QED) is 0.228. The van der Waals surface area contributed by atoms with Gasteiger partial charge in [0.2, 0.25) is 0 Å². The number of pyridine rings is 1. The summed E-state index contributed by atoms with van der Waals surface area (Å²) in [4.78, 5) is 40.7. The van der Waals surface area contributed by atoms with E-state index in [4.69, 9.17) is 9.84 Å². The molecule has 5 heterocycles. The van der Waals surface area contributed by atoms with Crippen molar-refractivity contribution in [3.63, 3.8) is 0 Å². The number of nitrogens with zero attached hydrogens (tertiary/aromatic N) is 6. The summed E-state index contributed by atoms with van der Waals surface area (Å²) in [6.45, 7) is 6.27. The second kappa shape index (κ2) is 11.8. The van der Waals surface area contributed by atoms with E-state index in [9.17, 15) is 14.7 Å². The van der Waals surface area contributed by atoms with Crippen LogP contribution in [0.4, 0.5) is 4.79 Å². The molecule has 3 aromatic heterocycles. The Morgan fingerprint density at radius 1 is 1.09 bits per heavy atom. The van der Waals surface area contributed by atoms with Gasteiger partial charge in [-0.1, -0.05) is 30.3 Å². The summed E-state index contributed by atoms with van der Waals surface area (Å²) in [5.74, 6) is 0.404. The number of hydrogen-bond acceptors (Lipinski definition) is 6. The number of ether oxygens (including phenoxy) is 1. The van der Waals surface area contributed by atoms with Crippen molar-refractivity contribution in [3.05, 3.63) is 89.0 Å². The third-order valence-corrected chi connectivity index (χ3v) is 8.94. The third-order valence-electron chi connectivity index (χ3n) is 8.94. The number of carbonyl (C=O) groups excluding carboxylic acids is 1. The zero-order chi connectivity index (χ0) is 31.1. The number of aromatic amines is 1. The van der Waals surface area contributed by atoms with Gasteiger partial charge in [0.05, 0.1) is 18.3 Å². The highest BCUT2D eigenvalue weighted by Gasteiger charge is 2.27. The smallest absolute Gasteiger partial charge is 0.407 e. The first-order valence-electron chi connectivity index (χ1n) is 15.4. The van der Waals surface area contributed by atoms with Crippen LogP contribution in [-0.4, -0.2) is 64.8 Å². The van der Waals surface area contributed by atoms with Crippen molar-refractivity contribution >= 4 is 22.9 Å². The molecule has 1 atom stereocenters. The number of carbonyl (C=O) groups is 2. The molecule has 2 aromatic carbocycles. The fraction of sp³-hybridized carbons (Fsp3) is 0.324. The molecule has 2 N–H and O–H groups in total. The number of nitrogens with one attached hydrogen (secondary N) is 1. The lowest BCUT2D eigenvalue weighted by Crippen LogP contribution is -2.28. The normalized spacial score (nSPS) is 16.2. The summed E-state index contributed by atoms with van der Waals surface area (Å²) in [6, 6.07) is 14.3. The van der Waals surface area contributed by atoms with Gasteiger partial charge in [0.15, 0.2) is 12.1 Å². The van der Waals surface area contributed by atoms with E-state index in [0.717, 1.165) is 63.5 Å². The zero-order valence-electron chi connectivity index (χ0n) is 25.4. The van der Waals surface area contributed by atoms with E-state index in [-0.39, 0.29) is 18.7 Å². The van der Waals surface area contributed by atoms with E-state index in [0.29, 0.717) is 43.5 Å². The maximum Gasteiger partial charge on any atom is 0.407 e. The predicted molar refractivity (Wildman–Crippen MR) is 168 cm³/mol. The van der Waals surface area contributed by atoms with Crippen molar-refractivity contribution in [2.75, 3.05) is 13.2 Å². The SMILES string of the molecule is CCN(Cc1cncc(-c2ccc3c(c2)c(-c2ncc(C(=O)N4Cc5ccccc5C4)[nH]2)nn3C2CCCCO2)c1C)C(=O)O. The molecule has 5 aromatic rings. The molecule has 1 saturated heterocycles. The number of hydrogen-bond donors (Lipinski definition) is 2. The predicted octanol–water partition coefficient (Wildman–Crippen LogP) is 6.15. The Morgan fingerprint density at radius 2 is 1.89 bits per heavy atom. The zero-order valence-corrected chi connectivity index (χ0v) is 25.4. The van der Waals surface area contributed by atoms with Crippen LogP contribution in [0.1, 0.15) is 65.2 Å². The van der Waals surface area contributed by atoms with Crippen molar-refractivity contribution in [1.82, 2.24) is 34.5 Å². The molecule has 0 aliphatic carbocycles. The van der Waals surface area contributed by atoms with Crippen LogP contribution >= 0.6 is 0 Å². The minimum Gasteiger partial charge on any atom is -0.465 e. The van der Waals surface area contributed by atoms with E-state index >= 15 is 0 Å². The maximum absolute atomic E-state index is 13.5. The standard InChI is InChI=1S/C34H35N7O4/c1-3-39(34(43)44)20-25-15-35-16-27(21(25)2)22-11-12-29-26(14-22)31(38-41(29)30-10-6-7-13-45-30)32-36-17-28(37-32)33(42)40-18-23-8-4-5-9-24(23)19-40/h4-5,8-9,11-12,14-17,30H,3,6-7,10,13,18-20H2,1-2H3,(H,36,37)(H,43,44). The summed E-state index contributed by atoms with van der Waals surface area (Å²) in [5, 5.41) is 15.5. The molecule has 0 bridgehead atoms. The Labute approximate surface area is 260 Å². The molecule has 0 saturated carbocycles. The molecule has 2 aliphatic heterocycles. The Balaban J connectivity index is 1.27. The van der Waals surface area contributed by atoms with E-state index in [1.54, 1.807) is 12.4 Å². The lowest BCUT2D eigenvalue weighted by Gasteiger charge is -2.23. The molecule has 1 unspecified atom stereocenters. The molecule has 2 aliphatic rings. The fourth-order valence-corrected chi connectivity index (χ4v) is 6.36. The highest BCUT2D eigenvalue weighted by atomic mass is 16.5. The van der Waals surface area contributed by atoms with Crippen LogP contribution in [0.5, 0.6) is 0 Å². The lowest BCUT2D eigenvalue weighted by atomic mass is 9.97. The van der Waals surface area contributed by atoms with Gasteiger partial charge in [0.25, 0.3) is 5.91 Å². The van der Waals surface area contributed by atoms with Crippen molar-refractivity contribution in [3.8, 4) is 22.6 Å². The molecule has 0 spiro atoms. The number of carboxylic acid groups (broad SMARTS) is 1. The van der Waals surface area contributed by atoms with Gasteiger partial charge in [-0.15, -0.1) is 0 Å². The van der Waals surface area contributed by atoms with Crippen LogP contribution in [0.15, 0.2) is 61.1 Å². The van der Waals surface area contributed by atoms with Crippen LogP contribution in [-0.2, 0) is 24.4 Å². The fourth-order valence-electron chi connectivity index (χ4n) is 6.36. The van der Waals surface area contributed by atoms with Gasteiger partial charge in [-0.3, -0.25) is 9.78 Å². The number of benzene rings is 2. The highest BCUT2D eigenvalue weighted by molar-refractivity contribution is 5.97. The van der Waals surface area contributed by atoms with Gasteiger partial charge < -0.3 is 24.6 Å². The average molecular weight is 606 g/mol. The van der Waals surface area contributed by atoms with Gasteiger partial charge in [-0.25, -0.2) is 14.5 Å². The topological polar surface area (TPSA) is 129 Å². The van der Waals surface area contributed by atoms with Crippen LogP contribution in [0.3, 0.4) is 0 Å². The number of amides is 2. The van der Waals surface area contributed by atoms with Crippen LogP contribution < -0.4 is 0 Å². The Kier molecular flexibility index (Phi) is 7.54. The molecular weight excluding hydrogens is 570 g/mol. The molecule has 0 radical (unpaired) electrons. The summed E-state index contributed by atoms with van der Waals surface area (Å²) >= 11 is 0. The van der Waals surface area contributed by atoms with Crippen molar-refractivity contribution in [2.24, 2.45) is 0 Å². The Morgan fingerprint density at radius 3 is 2.60 bits per heavy atom. The third kappa shape index (κ3) is 5.33. The molecular formula is C34H35N7O4. The second-order valence-electron chi connectivity index (χ2n) is 11.7. The van der Waals surface area contributed by atoms with Crippen molar-refractivity contribution in [1.29, 1.82) is 0 Å². The van der Waals surface area contributed by atoms with Gasteiger partial charge in [-0.05, 0) is 73.1 Å². The van der Waals surface area contributed by atoms with E-state index in [1.807, 2.05) is 53.9 Å². The minimum atomic E-state index is -0.962. The first-order valence-corrected chi connectivity index (χ1v) is 15.4. The van der Waals surface area contributed by atoms with Crippen molar-refractivity contribution < 1.29 is 19.4 Å². The Bertz CT molecular complexity index is 1880. The van der Waals surface area contributed by atoms with E-state index in [1.165, 1.54) is 4.90 Å². The molecule has 7 rings (SSSR count). The number of H-pyrrole nitrogens is 1. The van der Waals surface area contributed by atoms with Gasteiger partial charge in [0.1, 0.15) is 11.4 Å². The molecule has 2 amide bonds. The monoisotopic (exact) mass is 605 g/mol. The molecule has 230 valence electrons. The summed E-state index contributed by atoms with van der Waals surface area (Å²) in [7, 11) is 0. The summed E-state index contributed by atoms with van der Waals surface area (Å²) in [6.07, 6.45) is 6.91. The van der Waals surface area contributed by atoms with Gasteiger partial charge in [-0.2, -0.15) is 5.10 Å². The number of rotatable bonds is 7. The van der Waals surface area contributed by atoms with Gasteiger partial charge >= 0.3 is 6.09 Å². The summed E-state index contributed by atoms with van der Waals surface area (Å²) < 4.78 is 8.06. The maximum atomic E-state index is 13.5. The van der Waals surface area contributed by atoms with Crippen molar-refractivity contribution in [2.45, 2.75) is 59.0 Å². The van der Waals surface area contributed by atoms with Crippen LogP contribution in [0.2, 0.25) is 0 Å². The number of aromatic nitrogens is 5. The lowest BCUT2D eigenvalue weighted by molar-refractivity contribution is -0.0365. The van der Waals surface area contributed by atoms with E-state index < -0.39 is 6.09 Å². The first kappa shape index (κ1) is 28.7. The van der Waals surface area contributed by atoms with Gasteiger partial charge in [0, 0.05) is 49.6 Å². The summed E-state index contributed by atoms with van der Waals surface area (Å²) in [5.41, 5.74) is 7.93. The first-order chi connectivity index (χ1) is 21.9. The van der Waals surface area contributed by atoms with Crippen LogP contribution in [0, 0.1) is 6.92 Å². The molecule has 11 nitrogen and oxygen atoms in total. The number of imidazole rings is 1. The molecule has 11 heteroatoms. The largest absolute Gasteiger partial charge is 0.465 e. The van der Waals surface area contributed by atoms with E-state index in [2.05, 4.69) is 33.2 Å².